The summed E-state index contributed by atoms with van der Waals surface area (Å²) >= 11 is -1.38. The van der Waals surface area contributed by atoms with Crippen molar-refractivity contribution in [3.8, 4) is 0 Å². The molecule has 2 N–H and O–H groups in total. The molecule has 1 aromatic carbocycles. The molecule has 0 aliphatic heterocycles. The van der Waals surface area contributed by atoms with Gasteiger partial charge < -0.3 is 15.3 Å². The SMILES string of the molecule is CN/C=C\C(=N)Cn1ncc2cc([S+]([O-])c3ccccc3)cnc2c1=O. The number of hydrogen-bond acceptors (Lipinski definition) is 6. The Morgan fingerprint density at radius 1 is 1.31 bits per heavy atom. The maximum Gasteiger partial charge on any atom is 0.293 e. The summed E-state index contributed by atoms with van der Waals surface area (Å²) in [4.78, 5) is 17.9. The van der Waals surface area contributed by atoms with E-state index < -0.39 is 11.2 Å². The van der Waals surface area contributed by atoms with Crippen molar-refractivity contribution in [1.29, 1.82) is 5.41 Å². The second-order valence-electron chi connectivity index (χ2n) is 5.45. The number of allylic oxidation sites excluding steroid dienone is 1. The van der Waals surface area contributed by atoms with Gasteiger partial charge >= 0.3 is 0 Å². The fraction of sp³-hybridized carbons (Fsp3) is 0.111. The van der Waals surface area contributed by atoms with Crippen molar-refractivity contribution in [2.75, 3.05) is 7.05 Å². The minimum Gasteiger partial charge on any atom is -0.606 e. The molecule has 2 heterocycles. The summed E-state index contributed by atoms with van der Waals surface area (Å²) in [6.45, 7) is 0.0479. The molecule has 0 amide bonds. The van der Waals surface area contributed by atoms with Gasteiger partial charge in [-0.2, -0.15) is 5.10 Å². The molecule has 26 heavy (non-hydrogen) atoms. The quantitative estimate of drug-likeness (QED) is 0.509. The molecule has 2 aromatic heterocycles. The Balaban J connectivity index is 1.92. The number of rotatable bonds is 6. The van der Waals surface area contributed by atoms with Crippen LogP contribution in [0.5, 0.6) is 0 Å². The Hall–Kier alpha value is -2.97. The van der Waals surface area contributed by atoms with Gasteiger partial charge in [-0.3, -0.25) is 4.79 Å². The third-order valence-electron chi connectivity index (χ3n) is 3.61. The summed E-state index contributed by atoms with van der Waals surface area (Å²) in [5.41, 5.74) is 0.0801. The van der Waals surface area contributed by atoms with Crippen molar-refractivity contribution < 1.29 is 4.55 Å². The molecule has 0 saturated carbocycles. The van der Waals surface area contributed by atoms with Gasteiger partial charge in [0, 0.05) is 29.7 Å². The molecular weight excluding hydrogens is 350 g/mol. The van der Waals surface area contributed by atoms with Crippen LogP contribution in [-0.2, 0) is 17.7 Å². The zero-order valence-electron chi connectivity index (χ0n) is 14.0. The Bertz CT molecular complexity index is 1020. The molecule has 3 rings (SSSR count). The number of aromatic nitrogens is 3. The lowest BCUT2D eigenvalue weighted by Crippen LogP contribution is -2.26. The van der Waals surface area contributed by atoms with Gasteiger partial charge in [0.05, 0.1) is 24.7 Å². The second kappa shape index (κ2) is 7.94. The van der Waals surface area contributed by atoms with E-state index in [0.717, 1.165) is 0 Å². The average molecular weight is 367 g/mol. The molecule has 7 nitrogen and oxygen atoms in total. The number of nitrogens with one attached hydrogen (secondary N) is 2. The summed E-state index contributed by atoms with van der Waals surface area (Å²) in [7, 11) is 1.73. The fourth-order valence-corrected chi connectivity index (χ4v) is 3.40. The molecule has 0 aliphatic carbocycles. The van der Waals surface area contributed by atoms with E-state index in [1.54, 1.807) is 37.5 Å². The third kappa shape index (κ3) is 3.81. The first-order valence-corrected chi connectivity index (χ1v) is 8.99. The van der Waals surface area contributed by atoms with E-state index in [4.69, 9.17) is 5.41 Å². The first-order chi connectivity index (χ1) is 12.6. The first-order valence-electron chi connectivity index (χ1n) is 7.84. The van der Waals surface area contributed by atoms with Crippen molar-refractivity contribution in [3.63, 3.8) is 0 Å². The van der Waals surface area contributed by atoms with E-state index in [0.29, 0.717) is 15.2 Å². The molecule has 8 heteroatoms. The lowest BCUT2D eigenvalue weighted by Gasteiger charge is -2.10. The Morgan fingerprint density at radius 3 is 2.81 bits per heavy atom. The zero-order valence-corrected chi connectivity index (χ0v) is 14.9. The molecular formula is C18H17N5O2S. The summed E-state index contributed by atoms with van der Waals surface area (Å²) in [5, 5.41) is 15.2. The Labute approximate surface area is 153 Å². The predicted octanol–water partition coefficient (Wildman–Crippen LogP) is 1.71. The molecule has 0 saturated heterocycles. The van der Waals surface area contributed by atoms with Gasteiger partial charge in [0.1, 0.15) is 5.52 Å². The highest BCUT2D eigenvalue weighted by atomic mass is 32.2. The molecule has 1 atom stereocenters. The van der Waals surface area contributed by atoms with Crippen LogP contribution < -0.4 is 10.9 Å². The highest BCUT2D eigenvalue weighted by molar-refractivity contribution is 7.91. The van der Waals surface area contributed by atoms with Crippen LogP contribution >= 0.6 is 0 Å². The normalized spacial score (nSPS) is 12.4. The van der Waals surface area contributed by atoms with Crippen molar-refractivity contribution in [2.24, 2.45) is 0 Å². The maximum atomic E-state index is 12.6. The fourth-order valence-electron chi connectivity index (χ4n) is 2.34. The van der Waals surface area contributed by atoms with Crippen molar-refractivity contribution in [1.82, 2.24) is 20.1 Å². The zero-order chi connectivity index (χ0) is 18.5. The van der Waals surface area contributed by atoms with Crippen LogP contribution in [0.25, 0.3) is 10.9 Å². The van der Waals surface area contributed by atoms with Crippen LogP contribution in [0.2, 0.25) is 0 Å². The molecule has 0 fully saturated rings. The average Bonchev–Trinajstić information content (AvgIpc) is 2.68. The van der Waals surface area contributed by atoms with E-state index in [1.807, 2.05) is 18.2 Å². The summed E-state index contributed by atoms with van der Waals surface area (Å²) in [6, 6.07) is 10.7. The van der Waals surface area contributed by atoms with Crippen LogP contribution in [0.15, 0.2) is 75.7 Å². The van der Waals surface area contributed by atoms with E-state index in [1.165, 1.54) is 17.1 Å². The van der Waals surface area contributed by atoms with Gasteiger partial charge in [0.2, 0.25) is 0 Å². The largest absolute Gasteiger partial charge is 0.606 e. The van der Waals surface area contributed by atoms with Crippen LogP contribution in [0.3, 0.4) is 0 Å². The molecule has 0 aliphatic rings. The van der Waals surface area contributed by atoms with Crippen molar-refractivity contribution >= 4 is 27.8 Å². The number of pyridine rings is 1. The molecule has 132 valence electrons. The van der Waals surface area contributed by atoms with Crippen LogP contribution in [-0.4, -0.2) is 32.1 Å². The topological polar surface area (TPSA) is 107 Å². The number of benzene rings is 1. The Morgan fingerprint density at radius 2 is 2.08 bits per heavy atom. The van der Waals surface area contributed by atoms with Gasteiger partial charge in [-0.25, -0.2) is 9.67 Å². The van der Waals surface area contributed by atoms with E-state index in [2.05, 4.69) is 15.4 Å². The highest BCUT2D eigenvalue weighted by Gasteiger charge is 2.17. The molecule has 0 spiro atoms. The smallest absolute Gasteiger partial charge is 0.293 e. The van der Waals surface area contributed by atoms with Crippen molar-refractivity contribution in [2.45, 2.75) is 16.3 Å². The standard InChI is InChI=1S/C18H17N5O2S/c1-20-8-7-14(19)12-23-18(24)17-13(10-22-23)9-16(11-21-17)26(25)15-5-3-2-4-6-15/h2-11,19-20H,12H2,1H3/b8-7-,19-14?. The molecule has 3 aromatic rings. The first kappa shape index (κ1) is 17.8. The number of nitrogens with zero attached hydrogens (tertiary/aromatic N) is 3. The monoisotopic (exact) mass is 367 g/mol. The lowest BCUT2D eigenvalue weighted by molar-refractivity contribution is 0.595. The third-order valence-corrected chi connectivity index (χ3v) is 4.96. The minimum atomic E-state index is -1.38. The molecule has 0 radical (unpaired) electrons. The predicted molar refractivity (Wildman–Crippen MR) is 101 cm³/mol. The molecule has 0 bridgehead atoms. The molecule has 1 unspecified atom stereocenters. The van der Waals surface area contributed by atoms with Gasteiger partial charge in [0.25, 0.3) is 5.56 Å². The van der Waals surface area contributed by atoms with Crippen LogP contribution in [0.1, 0.15) is 0 Å². The lowest BCUT2D eigenvalue weighted by atomic mass is 10.3. The summed E-state index contributed by atoms with van der Waals surface area (Å²) in [5.74, 6) is 0. The van der Waals surface area contributed by atoms with E-state index in [-0.39, 0.29) is 23.3 Å². The van der Waals surface area contributed by atoms with Gasteiger partial charge in [-0.15, -0.1) is 0 Å². The summed E-state index contributed by atoms with van der Waals surface area (Å²) in [6.07, 6.45) is 6.11. The maximum absolute atomic E-state index is 12.6. The van der Waals surface area contributed by atoms with E-state index >= 15 is 0 Å². The second-order valence-corrected chi connectivity index (χ2v) is 6.93. The number of fused-ring (bicyclic) bond motifs is 1. The number of hydrogen-bond donors (Lipinski definition) is 2. The highest BCUT2D eigenvalue weighted by Crippen LogP contribution is 2.21. The van der Waals surface area contributed by atoms with Crippen LogP contribution in [0.4, 0.5) is 0 Å². The van der Waals surface area contributed by atoms with Gasteiger partial charge in [0.15, 0.2) is 9.79 Å². The summed E-state index contributed by atoms with van der Waals surface area (Å²) < 4.78 is 13.8. The van der Waals surface area contributed by atoms with Gasteiger partial charge in [-0.05, 0) is 24.4 Å². The Kier molecular flexibility index (Phi) is 5.45. The minimum absolute atomic E-state index is 0.0479. The van der Waals surface area contributed by atoms with E-state index in [9.17, 15) is 9.35 Å². The van der Waals surface area contributed by atoms with Gasteiger partial charge in [-0.1, -0.05) is 18.2 Å². The van der Waals surface area contributed by atoms with Crippen molar-refractivity contribution in [3.05, 3.63) is 71.4 Å². The van der Waals surface area contributed by atoms with Crippen LogP contribution in [0, 0.1) is 5.41 Å².